The number of rotatable bonds is 3. The Morgan fingerprint density at radius 3 is 2.30 bits per heavy atom. The van der Waals surface area contributed by atoms with Gasteiger partial charge in [0, 0.05) is 31.4 Å². The zero-order valence-corrected chi connectivity index (χ0v) is 19.8. The van der Waals surface area contributed by atoms with Crippen molar-refractivity contribution in [2.45, 2.75) is 38.9 Å². The minimum atomic E-state index is -1.14. The summed E-state index contributed by atoms with van der Waals surface area (Å²) < 4.78 is 57.6. The molecule has 2 amide bonds. The highest BCUT2D eigenvalue weighted by molar-refractivity contribution is 5.99. The van der Waals surface area contributed by atoms with E-state index in [1.54, 1.807) is 6.92 Å². The Morgan fingerprint density at radius 1 is 1.03 bits per heavy atom. The summed E-state index contributed by atoms with van der Waals surface area (Å²) in [5.74, 6) is -6.58. The summed E-state index contributed by atoms with van der Waals surface area (Å²) in [6, 6.07) is 4.25. The van der Waals surface area contributed by atoms with Crippen molar-refractivity contribution in [3.05, 3.63) is 97.5 Å². The number of aryl methyl sites for hydroxylation is 1. The van der Waals surface area contributed by atoms with Gasteiger partial charge in [0.15, 0.2) is 23.1 Å². The number of carbonyl (C=O) groups excluding carboxylic acids is 2. The number of halogens is 4. The molecule has 0 saturated carbocycles. The fourth-order valence-corrected chi connectivity index (χ4v) is 5.09. The van der Waals surface area contributed by atoms with Crippen molar-refractivity contribution in [3.63, 3.8) is 0 Å². The van der Waals surface area contributed by atoms with Gasteiger partial charge in [-0.25, -0.2) is 17.6 Å². The van der Waals surface area contributed by atoms with Crippen LogP contribution >= 0.6 is 0 Å². The van der Waals surface area contributed by atoms with Crippen LogP contribution in [0.4, 0.5) is 17.6 Å². The second kappa shape index (κ2) is 8.46. The highest BCUT2D eigenvalue weighted by Crippen LogP contribution is 2.38. The molecule has 5 rings (SSSR count). The van der Waals surface area contributed by atoms with Crippen LogP contribution in [-0.4, -0.2) is 32.9 Å². The predicted molar refractivity (Wildman–Crippen MR) is 123 cm³/mol. The minimum Gasteiger partial charge on any atom is -0.503 e. The lowest BCUT2D eigenvalue weighted by Crippen LogP contribution is -2.53. The third kappa shape index (κ3) is 3.94. The molecule has 0 saturated heterocycles. The predicted octanol–water partition coefficient (Wildman–Crippen LogP) is 3.28. The van der Waals surface area contributed by atoms with Crippen LogP contribution in [0.15, 0.2) is 35.3 Å². The highest BCUT2D eigenvalue weighted by atomic mass is 19.2. The molecular weight excluding hydrogens is 494 g/mol. The van der Waals surface area contributed by atoms with E-state index in [0.717, 1.165) is 30.5 Å². The molecule has 2 bridgehead atoms. The molecule has 3 aromatic rings. The molecule has 1 unspecified atom stereocenters. The second-order valence-corrected chi connectivity index (χ2v) is 9.70. The van der Waals surface area contributed by atoms with Crippen molar-refractivity contribution >= 4 is 11.8 Å². The first-order valence-electron chi connectivity index (χ1n) is 11.4. The first-order valence-corrected chi connectivity index (χ1v) is 11.4. The fraction of sp³-hybridized carbons (Fsp3) is 0.269. The average molecular weight is 515 g/mol. The Bertz CT molecular complexity index is 1550. The standard InChI is InChI=1S/C26H21F4N3O4/c1-12-3-17(27)15(18(28)4-12)8-31-24(36)16-10-33-21(23(35)22(16)34)25(37)32-9-14-6-20(30)19(29)5-13(14)7-26(33,2)11-32/h3-6,10,35H,7-9,11H2,1-2H3,(H,31,36). The largest absolute Gasteiger partial charge is 0.503 e. The van der Waals surface area contributed by atoms with Crippen molar-refractivity contribution in [1.82, 2.24) is 14.8 Å². The Labute approximate surface area is 207 Å². The van der Waals surface area contributed by atoms with E-state index in [9.17, 15) is 37.1 Å². The molecule has 37 heavy (non-hydrogen) atoms. The van der Waals surface area contributed by atoms with Gasteiger partial charge in [0.25, 0.3) is 11.8 Å². The van der Waals surface area contributed by atoms with E-state index < -0.39 is 69.5 Å². The monoisotopic (exact) mass is 515 g/mol. The summed E-state index contributed by atoms with van der Waals surface area (Å²) in [5, 5.41) is 13.0. The molecule has 2 aromatic carbocycles. The molecule has 0 aliphatic carbocycles. The molecule has 0 fully saturated rings. The SMILES string of the molecule is Cc1cc(F)c(CNC(=O)c2cn3c(c(O)c2=O)C(=O)N2Cc4cc(F)c(F)cc4CC3(C)C2)c(F)c1. The van der Waals surface area contributed by atoms with Crippen molar-refractivity contribution in [3.8, 4) is 5.75 Å². The first-order chi connectivity index (χ1) is 17.4. The summed E-state index contributed by atoms with van der Waals surface area (Å²) in [4.78, 5) is 40.3. The lowest BCUT2D eigenvalue weighted by molar-refractivity contribution is 0.0561. The van der Waals surface area contributed by atoms with Crippen molar-refractivity contribution in [2.75, 3.05) is 6.54 Å². The second-order valence-electron chi connectivity index (χ2n) is 9.70. The summed E-state index contributed by atoms with van der Waals surface area (Å²) in [5.41, 5.74) is -2.35. The number of aromatic nitrogens is 1. The Morgan fingerprint density at radius 2 is 1.65 bits per heavy atom. The van der Waals surface area contributed by atoms with Gasteiger partial charge in [-0.2, -0.15) is 0 Å². The van der Waals surface area contributed by atoms with Crippen LogP contribution in [0.3, 0.4) is 0 Å². The van der Waals surface area contributed by atoms with E-state index >= 15 is 0 Å². The molecule has 192 valence electrons. The van der Waals surface area contributed by atoms with Gasteiger partial charge < -0.3 is 19.9 Å². The normalized spacial score (nSPS) is 18.2. The maximum atomic E-state index is 14.2. The minimum absolute atomic E-state index is 0.0650. The summed E-state index contributed by atoms with van der Waals surface area (Å²) in [6.45, 7) is 2.63. The first kappa shape index (κ1) is 24.5. The smallest absolute Gasteiger partial charge is 0.274 e. The van der Waals surface area contributed by atoms with Crippen LogP contribution in [0.2, 0.25) is 0 Å². The number of benzene rings is 2. The van der Waals surface area contributed by atoms with Crippen molar-refractivity contribution in [1.29, 1.82) is 0 Å². The van der Waals surface area contributed by atoms with Crippen molar-refractivity contribution in [2.24, 2.45) is 0 Å². The quantitative estimate of drug-likeness (QED) is 0.524. The Balaban J connectivity index is 1.56. The van der Waals surface area contributed by atoms with Crippen LogP contribution in [0, 0.1) is 30.2 Å². The van der Waals surface area contributed by atoms with Crippen LogP contribution in [0.25, 0.3) is 0 Å². The number of fused-ring (bicyclic) bond motifs is 5. The zero-order valence-electron chi connectivity index (χ0n) is 19.8. The number of aromatic hydroxyl groups is 1. The molecule has 0 radical (unpaired) electrons. The van der Waals surface area contributed by atoms with E-state index in [4.69, 9.17) is 0 Å². The van der Waals surface area contributed by atoms with E-state index in [0.29, 0.717) is 16.7 Å². The Kier molecular flexibility index (Phi) is 5.61. The van der Waals surface area contributed by atoms with E-state index in [2.05, 4.69) is 5.32 Å². The molecule has 2 aliphatic rings. The molecule has 11 heteroatoms. The topological polar surface area (TPSA) is 91.6 Å². The zero-order chi connectivity index (χ0) is 26.8. The molecule has 0 spiro atoms. The summed E-state index contributed by atoms with van der Waals surface area (Å²) in [6.07, 6.45) is 1.20. The van der Waals surface area contributed by atoms with Crippen LogP contribution in [0.5, 0.6) is 5.75 Å². The number of hydrogen-bond donors (Lipinski definition) is 2. The van der Waals surface area contributed by atoms with Gasteiger partial charge in [-0.05, 0) is 61.2 Å². The summed E-state index contributed by atoms with van der Waals surface area (Å²) >= 11 is 0. The maximum absolute atomic E-state index is 14.2. The summed E-state index contributed by atoms with van der Waals surface area (Å²) in [7, 11) is 0. The number of nitrogens with zero attached hydrogens (tertiary/aromatic N) is 2. The molecular formula is C26H21F4N3O4. The average Bonchev–Trinajstić information content (AvgIpc) is 2.93. The van der Waals surface area contributed by atoms with Crippen LogP contribution in [-0.2, 0) is 25.0 Å². The van der Waals surface area contributed by atoms with E-state index in [1.807, 2.05) is 0 Å². The number of nitrogens with one attached hydrogen (secondary N) is 1. The molecule has 7 nitrogen and oxygen atoms in total. The van der Waals surface area contributed by atoms with Gasteiger partial charge in [-0.15, -0.1) is 0 Å². The van der Waals surface area contributed by atoms with Gasteiger partial charge in [-0.3, -0.25) is 14.4 Å². The third-order valence-electron chi connectivity index (χ3n) is 6.92. The lowest BCUT2D eigenvalue weighted by atomic mass is 9.89. The van der Waals surface area contributed by atoms with Crippen molar-refractivity contribution < 1.29 is 32.3 Å². The van der Waals surface area contributed by atoms with Crippen LogP contribution in [0.1, 0.15) is 50.0 Å². The molecule has 2 N–H and O–H groups in total. The van der Waals surface area contributed by atoms with Gasteiger partial charge in [-0.1, -0.05) is 0 Å². The number of carbonyl (C=O) groups is 2. The Hall–Kier alpha value is -4.15. The maximum Gasteiger partial charge on any atom is 0.274 e. The fourth-order valence-electron chi connectivity index (χ4n) is 5.09. The number of pyridine rings is 1. The molecule has 1 aromatic heterocycles. The van der Waals surface area contributed by atoms with Crippen LogP contribution < -0.4 is 10.7 Å². The number of hydrogen-bond acceptors (Lipinski definition) is 4. The van der Waals surface area contributed by atoms with Gasteiger partial charge in [0.05, 0.1) is 5.54 Å². The van der Waals surface area contributed by atoms with E-state index in [-0.39, 0.29) is 25.2 Å². The molecule has 3 heterocycles. The van der Waals surface area contributed by atoms with E-state index in [1.165, 1.54) is 16.4 Å². The lowest BCUT2D eigenvalue weighted by Gasteiger charge is -2.42. The van der Waals surface area contributed by atoms with Gasteiger partial charge >= 0.3 is 0 Å². The van der Waals surface area contributed by atoms with Gasteiger partial charge in [0.1, 0.15) is 17.2 Å². The molecule has 2 aliphatic heterocycles. The third-order valence-corrected chi connectivity index (χ3v) is 6.92. The van der Waals surface area contributed by atoms with Gasteiger partial charge in [0.2, 0.25) is 5.43 Å². The molecule has 1 atom stereocenters. The number of amides is 2. The highest BCUT2D eigenvalue weighted by Gasteiger charge is 2.44.